The van der Waals surface area contributed by atoms with Gasteiger partial charge in [-0.15, -0.1) is 0 Å². The Labute approximate surface area is 110 Å². The minimum Gasteiger partial charge on any atom is -0.369 e. The van der Waals surface area contributed by atoms with Gasteiger partial charge in [0, 0.05) is 22.1 Å². The number of nitrogens with zero attached hydrogens (tertiary/aromatic N) is 1. The van der Waals surface area contributed by atoms with Gasteiger partial charge in [-0.2, -0.15) is 0 Å². The lowest BCUT2D eigenvalue weighted by Crippen LogP contribution is -2.56. The third kappa shape index (κ3) is 2.06. The summed E-state index contributed by atoms with van der Waals surface area (Å²) >= 11 is 2.21. The lowest BCUT2D eigenvalue weighted by molar-refractivity contribution is 0.194. The molecule has 0 atom stereocenters. The molecule has 1 nitrogen and oxygen atoms in total. The molecule has 1 aromatic carbocycles. The third-order valence-corrected chi connectivity index (χ3v) is 4.67. The van der Waals surface area contributed by atoms with Crippen LogP contribution < -0.4 is 4.90 Å². The van der Waals surface area contributed by atoms with Crippen molar-refractivity contribution in [3.05, 3.63) is 27.6 Å². The molecule has 1 heterocycles. The van der Waals surface area contributed by atoms with Gasteiger partial charge >= 0.3 is 0 Å². The first-order chi connectivity index (χ1) is 7.60. The molecule has 1 saturated heterocycles. The van der Waals surface area contributed by atoms with E-state index in [0.717, 1.165) is 16.7 Å². The predicted octanol–water partition coefficient (Wildman–Crippen LogP) is 4.06. The Kier molecular flexibility index (Phi) is 3.42. The van der Waals surface area contributed by atoms with Gasteiger partial charge in [-0.05, 0) is 53.6 Å². The van der Waals surface area contributed by atoms with Crippen LogP contribution in [0.3, 0.4) is 0 Å². The molecule has 3 heteroatoms. The average molecular weight is 333 g/mol. The molecule has 88 valence electrons. The molecule has 1 aromatic rings. The predicted molar refractivity (Wildman–Crippen MR) is 74.3 cm³/mol. The maximum Gasteiger partial charge on any atom is 0.124 e. The second-order valence-corrected chi connectivity index (χ2v) is 5.82. The maximum absolute atomic E-state index is 13.0. The highest BCUT2D eigenvalue weighted by atomic mass is 127. The van der Waals surface area contributed by atoms with Crippen LogP contribution in [0.1, 0.15) is 26.7 Å². The summed E-state index contributed by atoms with van der Waals surface area (Å²) in [6.45, 7) is 6.75. The van der Waals surface area contributed by atoms with E-state index in [1.807, 2.05) is 6.07 Å². The highest BCUT2D eigenvalue weighted by molar-refractivity contribution is 14.1. The molecule has 1 aliphatic rings. The van der Waals surface area contributed by atoms with Gasteiger partial charge in [0.15, 0.2) is 0 Å². The van der Waals surface area contributed by atoms with Crippen LogP contribution in [0.2, 0.25) is 0 Å². The first-order valence-electron chi connectivity index (χ1n) is 5.80. The number of anilines is 1. The average Bonchev–Trinajstić information content (AvgIpc) is 2.20. The van der Waals surface area contributed by atoms with Crippen molar-refractivity contribution in [3.8, 4) is 0 Å². The highest BCUT2D eigenvalue weighted by Crippen LogP contribution is 2.41. The topological polar surface area (TPSA) is 3.24 Å². The van der Waals surface area contributed by atoms with Gasteiger partial charge < -0.3 is 4.90 Å². The normalized spacial score (nSPS) is 18.4. The fourth-order valence-corrected chi connectivity index (χ4v) is 3.19. The van der Waals surface area contributed by atoms with Gasteiger partial charge in [0.1, 0.15) is 5.82 Å². The summed E-state index contributed by atoms with van der Waals surface area (Å²) in [5.74, 6) is -0.147. The van der Waals surface area contributed by atoms with Crippen molar-refractivity contribution in [1.29, 1.82) is 0 Å². The second kappa shape index (κ2) is 4.51. The highest BCUT2D eigenvalue weighted by Gasteiger charge is 2.40. The van der Waals surface area contributed by atoms with Crippen LogP contribution in [-0.2, 0) is 0 Å². The van der Waals surface area contributed by atoms with Crippen molar-refractivity contribution in [2.45, 2.75) is 26.7 Å². The van der Waals surface area contributed by atoms with E-state index in [2.05, 4.69) is 41.3 Å². The quantitative estimate of drug-likeness (QED) is 0.754. The second-order valence-electron chi connectivity index (χ2n) is 4.66. The lowest BCUT2D eigenvalue weighted by atomic mass is 9.75. The summed E-state index contributed by atoms with van der Waals surface area (Å²) in [5.41, 5.74) is 1.68. The van der Waals surface area contributed by atoms with E-state index in [4.69, 9.17) is 0 Å². The maximum atomic E-state index is 13.0. The molecule has 0 bridgehead atoms. The molecule has 1 fully saturated rings. The van der Waals surface area contributed by atoms with Crippen LogP contribution in [0.25, 0.3) is 0 Å². The molecule has 0 amide bonds. The van der Waals surface area contributed by atoms with Crippen LogP contribution >= 0.6 is 22.6 Å². The smallest absolute Gasteiger partial charge is 0.124 e. The first-order valence-corrected chi connectivity index (χ1v) is 6.88. The molecule has 0 spiro atoms. The Bertz CT molecular complexity index is 380. The summed E-state index contributed by atoms with van der Waals surface area (Å²) in [6, 6.07) is 5.05. The molecular weight excluding hydrogens is 316 g/mol. The molecule has 16 heavy (non-hydrogen) atoms. The van der Waals surface area contributed by atoms with E-state index >= 15 is 0 Å². The van der Waals surface area contributed by atoms with Crippen molar-refractivity contribution >= 4 is 28.3 Å². The van der Waals surface area contributed by atoms with Crippen LogP contribution in [0.15, 0.2) is 18.2 Å². The molecule has 0 saturated carbocycles. The minimum absolute atomic E-state index is 0.147. The van der Waals surface area contributed by atoms with E-state index in [0.29, 0.717) is 5.41 Å². The SMILES string of the molecule is CCC1(CC)CN(c2ccc(F)cc2I)C1. The Balaban J connectivity index is 2.12. The number of hydrogen-bond donors (Lipinski definition) is 0. The minimum atomic E-state index is -0.147. The van der Waals surface area contributed by atoms with Crippen LogP contribution in [0, 0.1) is 14.8 Å². The molecule has 0 unspecified atom stereocenters. The fourth-order valence-electron chi connectivity index (χ4n) is 2.37. The fraction of sp³-hybridized carbons (Fsp3) is 0.538. The zero-order valence-electron chi connectivity index (χ0n) is 9.76. The first kappa shape index (κ1) is 12.1. The molecule has 1 aliphatic heterocycles. The van der Waals surface area contributed by atoms with Gasteiger partial charge in [-0.3, -0.25) is 0 Å². The van der Waals surface area contributed by atoms with E-state index in [9.17, 15) is 4.39 Å². The van der Waals surface area contributed by atoms with Crippen LogP contribution in [-0.4, -0.2) is 13.1 Å². The van der Waals surface area contributed by atoms with Crippen molar-refractivity contribution in [2.24, 2.45) is 5.41 Å². The summed E-state index contributed by atoms with van der Waals surface area (Å²) in [7, 11) is 0. The Morgan fingerprint density at radius 1 is 1.31 bits per heavy atom. The lowest BCUT2D eigenvalue weighted by Gasteiger charge is -2.51. The standard InChI is InChI=1S/C13H17FIN/c1-3-13(4-2)8-16(9-13)12-6-5-10(14)7-11(12)15/h5-7H,3-4,8-9H2,1-2H3. The zero-order chi connectivity index (χ0) is 11.8. The van der Waals surface area contributed by atoms with Gasteiger partial charge in [0.2, 0.25) is 0 Å². The molecule has 0 radical (unpaired) electrons. The summed E-state index contributed by atoms with van der Waals surface area (Å²) < 4.78 is 14.0. The van der Waals surface area contributed by atoms with E-state index in [1.165, 1.54) is 18.5 Å². The summed E-state index contributed by atoms with van der Waals surface area (Å²) in [4.78, 5) is 2.36. The van der Waals surface area contributed by atoms with Crippen LogP contribution in [0.5, 0.6) is 0 Å². The summed E-state index contributed by atoms with van der Waals surface area (Å²) in [5, 5.41) is 0. The number of halogens is 2. The largest absolute Gasteiger partial charge is 0.369 e. The number of rotatable bonds is 3. The number of hydrogen-bond acceptors (Lipinski definition) is 1. The van der Waals surface area contributed by atoms with Crippen molar-refractivity contribution in [3.63, 3.8) is 0 Å². The Hall–Kier alpha value is -0.320. The van der Waals surface area contributed by atoms with E-state index in [-0.39, 0.29) is 5.82 Å². The third-order valence-electron chi connectivity index (χ3n) is 3.80. The molecular formula is C13H17FIN. The van der Waals surface area contributed by atoms with Gasteiger partial charge in [-0.1, -0.05) is 13.8 Å². The van der Waals surface area contributed by atoms with Crippen molar-refractivity contribution in [2.75, 3.05) is 18.0 Å². The van der Waals surface area contributed by atoms with Crippen LogP contribution in [0.4, 0.5) is 10.1 Å². The monoisotopic (exact) mass is 333 g/mol. The Morgan fingerprint density at radius 3 is 2.44 bits per heavy atom. The summed E-state index contributed by atoms with van der Waals surface area (Å²) in [6.07, 6.45) is 2.47. The van der Waals surface area contributed by atoms with Crippen molar-refractivity contribution in [1.82, 2.24) is 0 Å². The number of benzene rings is 1. The van der Waals surface area contributed by atoms with E-state index < -0.39 is 0 Å². The van der Waals surface area contributed by atoms with Gasteiger partial charge in [0.25, 0.3) is 0 Å². The van der Waals surface area contributed by atoms with E-state index in [1.54, 1.807) is 12.1 Å². The molecule has 0 aliphatic carbocycles. The van der Waals surface area contributed by atoms with Gasteiger partial charge in [-0.25, -0.2) is 4.39 Å². The molecule has 0 N–H and O–H groups in total. The molecule has 2 rings (SSSR count). The van der Waals surface area contributed by atoms with Crippen molar-refractivity contribution < 1.29 is 4.39 Å². The molecule has 0 aromatic heterocycles. The Morgan fingerprint density at radius 2 is 1.94 bits per heavy atom. The zero-order valence-corrected chi connectivity index (χ0v) is 11.9. The van der Waals surface area contributed by atoms with Gasteiger partial charge in [0.05, 0.1) is 5.69 Å².